The molecule has 0 aliphatic carbocycles. The summed E-state index contributed by atoms with van der Waals surface area (Å²) < 4.78 is 36.9. The molecule has 0 saturated heterocycles. The number of halogens is 1. The van der Waals surface area contributed by atoms with E-state index in [0.29, 0.717) is 17.0 Å². The average Bonchev–Trinajstić information content (AvgIpc) is 2.62. The number of para-hydroxylation sites is 1. The average molecular weight is 311 g/mol. The van der Waals surface area contributed by atoms with Gasteiger partial charge in [0.2, 0.25) is 0 Å². The fourth-order valence-electron chi connectivity index (χ4n) is 2.07. The largest absolute Gasteiger partial charge is 0.334 e. The van der Waals surface area contributed by atoms with Gasteiger partial charge in [0.05, 0.1) is 16.9 Å². The van der Waals surface area contributed by atoms with Crippen LogP contribution in [0.5, 0.6) is 0 Å². The molecule has 1 aromatic heterocycles. The van der Waals surface area contributed by atoms with Gasteiger partial charge in [0, 0.05) is 12.7 Å². The van der Waals surface area contributed by atoms with E-state index in [-0.39, 0.29) is 5.69 Å². The molecule has 0 radical (unpaired) electrons. The van der Waals surface area contributed by atoms with Crippen molar-refractivity contribution in [2.45, 2.75) is 18.7 Å². The van der Waals surface area contributed by atoms with E-state index in [0.717, 1.165) is 6.07 Å². The molecule has 1 N–H and O–H groups in total. The SMILES string of the molecule is Cc1nn(C)c(C)c1C(=O)Nc1ccccc1S(=O)(=O)F. The highest BCUT2D eigenvalue weighted by Gasteiger charge is 2.21. The molecule has 0 fully saturated rings. The first kappa shape index (κ1) is 15.2. The molecule has 2 aromatic rings. The number of rotatable bonds is 3. The van der Waals surface area contributed by atoms with Gasteiger partial charge in [-0.1, -0.05) is 12.1 Å². The van der Waals surface area contributed by atoms with Crippen LogP contribution in [0, 0.1) is 13.8 Å². The standard InChI is InChI=1S/C13H14FN3O3S/c1-8-12(9(2)17(3)16-8)13(18)15-10-6-4-5-7-11(10)21(14,19)20/h4-7H,1-3H3,(H,15,18). The van der Waals surface area contributed by atoms with Crippen LogP contribution in [0.25, 0.3) is 0 Å². The van der Waals surface area contributed by atoms with Crippen molar-refractivity contribution < 1.29 is 17.1 Å². The quantitative estimate of drug-likeness (QED) is 0.878. The van der Waals surface area contributed by atoms with Gasteiger partial charge >= 0.3 is 10.2 Å². The van der Waals surface area contributed by atoms with E-state index in [1.165, 1.54) is 18.2 Å². The Hall–Kier alpha value is -2.22. The van der Waals surface area contributed by atoms with Gasteiger partial charge in [-0.05, 0) is 26.0 Å². The van der Waals surface area contributed by atoms with Crippen LogP contribution in [-0.2, 0) is 17.3 Å². The van der Waals surface area contributed by atoms with Gasteiger partial charge < -0.3 is 5.32 Å². The predicted octanol–water partition coefficient (Wildman–Crippen LogP) is 1.95. The van der Waals surface area contributed by atoms with Crippen LogP contribution in [0.2, 0.25) is 0 Å². The molecule has 0 atom stereocenters. The first-order chi connectivity index (χ1) is 9.71. The molecule has 0 spiro atoms. The molecule has 0 aliphatic heterocycles. The first-order valence-corrected chi connectivity index (χ1v) is 7.45. The summed E-state index contributed by atoms with van der Waals surface area (Å²) in [6.07, 6.45) is 0. The lowest BCUT2D eigenvalue weighted by molar-refractivity contribution is 0.102. The summed E-state index contributed by atoms with van der Waals surface area (Å²) in [5.74, 6) is -0.533. The van der Waals surface area contributed by atoms with E-state index in [9.17, 15) is 17.1 Å². The number of nitrogens with one attached hydrogen (secondary N) is 1. The number of carbonyl (C=O) groups is 1. The smallest absolute Gasteiger partial charge is 0.321 e. The molecule has 8 heteroatoms. The minimum absolute atomic E-state index is 0.104. The lowest BCUT2D eigenvalue weighted by Crippen LogP contribution is -2.15. The van der Waals surface area contributed by atoms with Crippen LogP contribution in [0.3, 0.4) is 0 Å². The molecular formula is C13H14FN3O3S. The fourth-order valence-corrected chi connectivity index (χ4v) is 2.69. The Kier molecular flexibility index (Phi) is 3.82. The molecule has 112 valence electrons. The third kappa shape index (κ3) is 2.94. The topological polar surface area (TPSA) is 81.1 Å². The number of hydrogen-bond donors (Lipinski definition) is 1. The third-order valence-corrected chi connectivity index (χ3v) is 4.02. The summed E-state index contributed by atoms with van der Waals surface area (Å²) in [6, 6.07) is 5.30. The van der Waals surface area contributed by atoms with E-state index < -0.39 is 21.0 Å². The number of carbonyl (C=O) groups excluding carboxylic acids is 1. The highest BCUT2D eigenvalue weighted by atomic mass is 32.3. The maximum absolute atomic E-state index is 13.2. The highest BCUT2D eigenvalue weighted by molar-refractivity contribution is 7.86. The second-order valence-corrected chi connectivity index (χ2v) is 5.87. The summed E-state index contributed by atoms with van der Waals surface area (Å²) in [4.78, 5) is 11.7. The molecule has 6 nitrogen and oxygen atoms in total. The number of aromatic nitrogens is 2. The molecule has 2 rings (SSSR count). The zero-order chi connectivity index (χ0) is 15.8. The summed E-state index contributed by atoms with van der Waals surface area (Å²) >= 11 is 0. The second-order valence-electron chi connectivity index (χ2n) is 4.56. The van der Waals surface area contributed by atoms with Crippen molar-refractivity contribution in [2.75, 3.05) is 5.32 Å². The third-order valence-electron chi connectivity index (χ3n) is 3.13. The molecule has 0 unspecified atom stereocenters. The Labute approximate surface area is 121 Å². The van der Waals surface area contributed by atoms with Crippen LogP contribution in [0.15, 0.2) is 29.2 Å². The Morgan fingerprint density at radius 2 is 1.90 bits per heavy atom. The minimum atomic E-state index is -4.91. The molecule has 21 heavy (non-hydrogen) atoms. The van der Waals surface area contributed by atoms with Crippen LogP contribution in [0.1, 0.15) is 21.7 Å². The normalized spacial score (nSPS) is 11.4. The maximum atomic E-state index is 13.2. The van der Waals surface area contributed by atoms with E-state index in [2.05, 4.69) is 10.4 Å². The van der Waals surface area contributed by atoms with Gasteiger partial charge in [0.25, 0.3) is 5.91 Å². The summed E-state index contributed by atoms with van der Waals surface area (Å²) in [6.45, 7) is 3.38. The van der Waals surface area contributed by atoms with Crippen molar-refractivity contribution >= 4 is 21.8 Å². The van der Waals surface area contributed by atoms with E-state index in [4.69, 9.17) is 0 Å². The maximum Gasteiger partial charge on any atom is 0.334 e. The number of benzene rings is 1. The predicted molar refractivity (Wildman–Crippen MR) is 75.4 cm³/mol. The monoisotopic (exact) mass is 311 g/mol. The van der Waals surface area contributed by atoms with Crippen molar-refractivity contribution in [3.63, 3.8) is 0 Å². The van der Waals surface area contributed by atoms with Crippen molar-refractivity contribution in [2.24, 2.45) is 7.05 Å². The van der Waals surface area contributed by atoms with Crippen LogP contribution in [0.4, 0.5) is 9.57 Å². The van der Waals surface area contributed by atoms with Crippen molar-refractivity contribution in [3.05, 3.63) is 41.2 Å². The Bertz CT molecular complexity index is 812. The fraction of sp³-hybridized carbons (Fsp3) is 0.231. The summed E-state index contributed by atoms with van der Waals surface area (Å²) in [5, 5.41) is 6.52. The van der Waals surface area contributed by atoms with E-state index in [1.54, 1.807) is 25.6 Å². The van der Waals surface area contributed by atoms with Gasteiger partial charge in [-0.25, -0.2) is 0 Å². The summed E-state index contributed by atoms with van der Waals surface area (Å²) in [7, 11) is -3.22. The molecular weight excluding hydrogens is 297 g/mol. The molecule has 0 saturated carbocycles. The minimum Gasteiger partial charge on any atom is -0.321 e. The molecule has 1 heterocycles. The second kappa shape index (κ2) is 5.28. The lowest BCUT2D eigenvalue weighted by atomic mass is 10.2. The van der Waals surface area contributed by atoms with Gasteiger partial charge in [0.1, 0.15) is 4.90 Å². The zero-order valence-corrected chi connectivity index (χ0v) is 12.5. The Balaban J connectivity index is 2.42. The van der Waals surface area contributed by atoms with Crippen molar-refractivity contribution in [1.82, 2.24) is 9.78 Å². The zero-order valence-electron chi connectivity index (χ0n) is 11.7. The van der Waals surface area contributed by atoms with Crippen molar-refractivity contribution in [3.8, 4) is 0 Å². The molecule has 1 aromatic carbocycles. The first-order valence-electron chi connectivity index (χ1n) is 6.07. The van der Waals surface area contributed by atoms with Gasteiger partial charge in [-0.15, -0.1) is 3.89 Å². The summed E-state index contributed by atoms with van der Waals surface area (Å²) in [5.41, 5.74) is 1.37. The van der Waals surface area contributed by atoms with Gasteiger partial charge in [-0.2, -0.15) is 13.5 Å². The molecule has 0 bridgehead atoms. The highest BCUT2D eigenvalue weighted by Crippen LogP contribution is 2.24. The Morgan fingerprint density at radius 1 is 1.29 bits per heavy atom. The van der Waals surface area contributed by atoms with Crippen molar-refractivity contribution in [1.29, 1.82) is 0 Å². The number of amides is 1. The number of aryl methyl sites for hydroxylation is 2. The van der Waals surface area contributed by atoms with Gasteiger partial charge in [-0.3, -0.25) is 9.48 Å². The van der Waals surface area contributed by atoms with Gasteiger partial charge in [0.15, 0.2) is 0 Å². The van der Waals surface area contributed by atoms with E-state index >= 15 is 0 Å². The lowest BCUT2D eigenvalue weighted by Gasteiger charge is -2.08. The molecule has 0 aliphatic rings. The Morgan fingerprint density at radius 3 is 2.43 bits per heavy atom. The molecule has 1 amide bonds. The van der Waals surface area contributed by atoms with Crippen LogP contribution in [-0.4, -0.2) is 24.1 Å². The number of nitrogens with zero attached hydrogens (tertiary/aromatic N) is 2. The van der Waals surface area contributed by atoms with Crippen LogP contribution < -0.4 is 5.32 Å². The number of anilines is 1. The number of hydrogen-bond acceptors (Lipinski definition) is 4. The van der Waals surface area contributed by atoms with E-state index in [1.807, 2.05) is 0 Å². The van der Waals surface area contributed by atoms with Crippen LogP contribution >= 0.6 is 0 Å².